The first kappa shape index (κ1) is 17.2. The highest BCUT2D eigenvalue weighted by molar-refractivity contribution is 7.89. The molecule has 0 fully saturated rings. The van der Waals surface area contributed by atoms with Crippen molar-refractivity contribution < 1.29 is 8.42 Å². The van der Waals surface area contributed by atoms with Crippen LogP contribution in [0.15, 0.2) is 63.6 Å². The van der Waals surface area contributed by atoms with Gasteiger partial charge in [-0.3, -0.25) is 0 Å². The van der Waals surface area contributed by atoms with Gasteiger partial charge in [0.1, 0.15) is 0 Å². The van der Waals surface area contributed by atoms with Crippen molar-refractivity contribution in [2.75, 3.05) is 0 Å². The highest BCUT2D eigenvalue weighted by Crippen LogP contribution is 2.16. The van der Waals surface area contributed by atoms with Gasteiger partial charge in [-0.2, -0.15) is 13.5 Å². The number of allylic oxidation sites excluding steroid dienone is 1. The molecule has 0 unspecified atom stereocenters. The lowest BCUT2D eigenvalue weighted by atomic mass is 10.2. The molecule has 0 saturated heterocycles. The lowest BCUT2D eigenvalue weighted by Gasteiger charge is -2.07. The first-order chi connectivity index (χ1) is 10.9. The minimum Gasteiger partial charge on any atom is -0.200 e. The number of hydrazone groups is 1. The summed E-state index contributed by atoms with van der Waals surface area (Å²) < 4.78 is 24.5. The summed E-state index contributed by atoms with van der Waals surface area (Å²) in [4.78, 5) is 2.38. The molecule has 0 heterocycles. The third-order valence-corrected chi connectivity index (χ3v) is 4.67. The van der Waals surface area contributed by atoms with Crippen LogP contribution in [0.3, 0.4) is 0 Å². The fraction of sp³-hybridized carbons (Fsp3) is 0.118. The van der Waals surface area contributed by atoms with E-state index in [2.05, 4.69) is 9.93 Å². The Morgan fingerprint density at radius 2 is 1.83 bits per heavy atom. The summed E-state index contributed by atoms with van der Waals surface area (Å²) in [6.45, 7) is 3.57. The minimum absolute atomic E-state index is 0.206. The van der Waals surface area contributed by atoms with E-state index in [0.717, 1.165) is 11.1 Å². The molecule has 0 aliphatic heterocycles. The summed E-state index contributed by atoms with van der Waals surface area (Å²) in [7, 11) is -3.72. The Labute approximate surface area is 141 Å². The van der Waals surface area contributed by atoms with Gasteiger partial charge >= 0.3 is 0 Å². The number of hydrogen-bond donors (Lipinski definition) is 1. The van der Waals surface area contributed by atoms with Crippen molar-refractivity contribution in [2.45, 2.75) is 18.7 Å². The zero-order chi connectivity index (χ0) is 16.9. The average molecular weight is 349 g/mol. The average Bonchev–Trinajstić information content (AvgIpc) is 2.50. The van der Waals surface area contributed by atoms with Crippen LogP contribution in [-0.2, 0) is 10.0 Å². The van der Waals surface area contributed by atoms with Crippen LogP contribution in [0, 0.1) is 13.8 Å². The Hall–Kier alpha value is -2.11. The van der Waals surface area contributed by atoms with Gasteiger partial charge in [-0.1, -0.05) is 54.1 Å². The van der Waals surface area contributed by atoms with E-state index in [4.69, 9.17) is 11.6 Å². The highest BCUT2D eigenvalue weighted by atomic mass is 35.5. The van der Waals surface area contributed by atoms with Gasteiger partial charge < -0.3 is 0 Å². The number of rotatable bonds is 5. The molecule has 0 radical (unpaired) electrons. The van der Waals surface area contributed by atoms with E-state index in [1.54, 1.807) is 25.1 Å². The SMILES string of the molecule is Cc1ccc(C)c(S(=O)(=O)NN=CC(Cl)=Cc2ccccc2)c1. The van der Waals surface area contributed by atoms with Gasteiger partial charge in [-0.15, -0.1) is 0 Å². The van der Waals surface area contributed by atoms with E-state index < -0.39 is 10.0 Å². The van der Waals surface area contributed by atoms with E-state index in [1.165, 1.54) is 6.21 Å². The van der Waals surface area contributed by atoms with Gasteiger partial charge in [-0.25, -0.2) is 4.83 Å². The standard InChI is InChI=1S/C17H17ClN2O2S/c1-13-8-9-14(2)17(10-13)23(21,22)20-19-12-16(18)11-15-6-4-3-5-7-15/h3-12,20H,1-2H3. The monoisotopic (exact) mass is 348 g/mol. The number of sulfonamides is 1. The summed E-state index contributed by atoms with van der Waals surface area (Å²) in [5.74, 6) is 0. The lowest BCUT2D eigenvalue weighted by Crippen LogP contribution is -2.19. The van der Waals surface area contributed by atoms with Crippen molar-refractivity contribution in [1.82, 2.24) is 4.83 Å². The zero-order valence-electron chi connectivity index (χ0n) is 12.8. The van der Waals surface area contributed by atoms with Crippen LogP contribution in [-0.4, -0.2) is 14.6 Å². The molecule has 0 atom stereocenters. The fourth-order valence-corrected chi connectivity index (χ4v) is 3.25. The first-order valence-corrected chi connectivity index (χ1v) is 8.79. The van der Waals surface area contributed by atoms with Gasteiger partial charge in [0.15, 0.2) is 0 Å². The predicted octanol–water partition coefficient (Wildman–Crippen LogP) is 3.85. The Bertz CT molecular complexity index is 844. The number of halogens is 1. The van der Waals surface area contributed by atoms with Gasteiger partial charge in [0.2, 0.25) is 0 Å². The van der Waals surface area contributed by atoms with Gasteiger partial charge in [0, 0.05) is 0 Å². The van der Waals surface area contributed by atoms with Crippen LogP contribution in [0.25, 0.3) is 6.08 Å². The molecule has 0 bridgehead atoms. The molecule has 6 heteroatoms. The molecule has 0 saturated carbocycles. The largest absolute Gasteiger partial charge is 0.276 e. The summed E-state index contributed by atoms with van der Waals surface area (Å²) in [6, 6.07) is 14.7. The smallest absolute Gasteiger partial charge is 0.200 e. The summed E-state index contributed by atoms with van der Waals surface area (Å²) in [6.07, 6.45) is 2.95. The van der Waals surface area contributed by atoms with Crippen molar-refractivity contribution >= 4 is 33.9 Å². The number of nitrogens with zero attached hydrogens (tertiary/aromatic N) is 1. The van der Waals surface area contributed by atoms with Crippen LogP contribution in [0.2, 0.25) is 0 Å². The Morgan fingerprint density at radius 3 is 2.52 bits per heavy atom. The molecule has 0 amide bonds. The van der Waals surface area contributed by atoms with Crippen LogP contribution < -0.4 is 4.83 Å². The van der Waals surface area contributed by atoms with Crippen LogP contribution in [0.1, 0.15) is 16.7 Å². The number of nitrogens with one attached hydrogen (secondary N) is 1. The highest BCUT2D eigenvalue weighted by Gasteiger charge is 2.15. The lowest BCUT2D eigenvalue weighted by molar-refractivity contribution is 0.584. The van der Waals surface area contributed by atoms with Crippen LogP contribution in [0.4, 0.5) is 0 Å². The van der Waals surface area contributed by atoms with Crippen molar-refractivity contribution in [3.05, 3.63) is 70.3 Å². The maximum absolute atomic E-state index is 12.3. The maximum Gasteiger partial charge on any atom is 0.276 e. The molecule has 4 nitrogen and oxygen atoms in total. The third-order valence-electron chi connectivity index (χ3n) is 3.10. The molecule has 0 spiro atoms. The Balaban J connectivity index is 2.13. The van der Waals surface area contributed by atoms with Gasteiger partial charge in [0.25, 0.3) is 10.0 Å². The molecule has 23 heavy (non-hydrogen) atoms. The second-order valence-electron chi connectivity index (χ2n) is 5.06. The summed E-state index contributed by atoms with van der Waals surface area (Å²) in [5.41, 5.74) is 2.42. The number of aryl methyl sites for hydroxylation is 2. The molecule has 0 aliphatic rings. The molecule has 2 rings (SSSR count). The molecule has 2 aromatic carbocycles. The second kappa shape index (κ2) is 7.44. The van der Waals surface area contributed by atoms with Crippen LogP contribution >= 0.6 is 11.6 Å². The molecular weight excluding hydrogens is 332 g/mol. The second-order valence-corrected chi connectivity index (χ2v) is 7.13. The molecule has 120 valence electrons. The maximum atomic E-state index is 12.3. The van der Waals surface area contributed by atoms with Gasteiger partial charge in [-0.05, 0) is 42.7 Å². The number of benzene rings is 2. The third kappa shape index (κ3) is 4.94. The quantitative estimate of drug-likeness (QED) is 0.659. The van der Waals surface area contributed by atoms with Crippen molar-refractivity contribution in [3.63, 3.8) is 0 Å². The molecular formula is C17H17ClN2O2S. The molecule has 0 aromatic heterocycles. The van der Waals surface area contributed by atoms with E-state index in [-0.39, 0.29) is 4.90 Å². The Morgan fingerprint density at radius 1 is 1.13 bits per heavy atom. The van der Waals surface area contributed by atoms with E-state index in [1.807, 2.05) is 43.3 Å². The van der Waals surface area contributed by atoms with E-state index >= 15 is 0 Å². The minimum atomic E-state index is -3.72. The van der Waals surface area contributed by atoms with Crippen molar-refractivity contribution in [2.24, 2.45) is 5.10 Å². The predicted molar refractivity (Wildman–Crippen MR) is 95.0 cm³/mol. The van der Waals surface area contributed by atoms with Crippen molar-refractivity contribution in [1.29, 1.82) is 0 Å². The summed E-state index contributed by atoms with van der Waals surface area (Å²) >= 11 is 6.02. The van der Waals surface area contributed by atoms with E-state index in [9.17, 15) is 8.42 Å². The van der Waals surface area contributed by atoms with Gasteiger partial charge in [0.05, 0.1) is 16.1 Å². The summed E-state index contributed by atoms with van der Waals surface area (Å²) in [5, 5.41) is 4.04. The molecule has 0 aliphatic carbocycles. The fourth-order valence-electron chi connectivity index (χ4n) is 1.95. The molecule has 1 N–H and O–H groups in total. The first-order valence-electron chi connectivity index (χ1n) is 6.93. The van der Waals surface area contributed by atoms with E-state index in [0.29, 0.717) is 10.6 Å². The van der Waals surface area contributed by atoms with Crippen molar-refractivity contribution in [3.8, 4) is 0 Å². The van der Waals surface area contributed by atoms with Crippen LogP contribution in [0.5, 0.6) is 0 Å². The topological polar surface area (TPSA) is 58.5 Å². The number of hydrogen-bond acceptors (Lipinski definition) is 3. The zero-order valence-corrected chi connectivity index (χ0v) is 14.4. The Kier molecular flexibility index (Phi) is 5.58. The molecule has 2 aromatic rings. The normalized spacial score (nSPS) is 12.6.